The minimum Gasteiger partial charge on any atom is -0.437 e. The molecule has 1 N–H and O–H groups in total. The first-order valence-electron chi connectivity index (χ1n) is 9.19. The summed E-state index contributed by atoms with van der Waals surface area (Å²) in [5.74, 6) is 0.997. The lowest BCUT2D eigenvalue weighted by Crippen LogP contribution is -2.09. The highest BCUT2D eigenvalue weighted by atomic mass is 35.5. The molecule has 30 heavy (non-hydrogen) atoms. The SMILES string of the molecule is Cc1c(NC(=O)/C=C\CCl)cccc1Oc1nc(-c2cnn(C)c2)cn2nccc12. The van der Waals surface area contributed by atoms with Gasteiger partial charge in [-0.05, 0) is 25.1 Å². The largest absolute Gasteiger partial charge is 0.437 e. The summed E-state index contributed by atoms with van der Waals surface area (Å²) in [7, 11) is 1.85. The zero-order valence-corrected chi connectivity index (χ0v) is 17.2. The summed E-state index contributed by atoms with van der Waals surface area (Å²) in [6, 6.07) is 7.27. The van der Waals surface area contributed by atoms with Crippen LogP contribution in [0.4, 0.5) is 5.69 Å². The summed E-state index contributed by atoms with van der Waals surface area (Å²) >= 11 is 5.59. The third kappa shape index (κ3) is 4.04. The predicted octanol–water partition coefficient (Wildman–Crippen LogP) is 3.96. The molecule has 4 aromatic rings. The summed E-state index contributed by atoms with van der Waals surface area (Å²) in [5, 5.41) is 11.3. The average molecular weight is 423 g/mol. The second kappa shape index (κ2) is 8.38. The molecule has 0 aliphatic rings. The standard InChI is InChI=1S/C21H19ClN6O2/c1-14-16(25-20(29)7-4-9-22)5-3-6-19(14)30-21-18-8-10-23-28(18)13-17(26-21)15-11-24-27(2)12-15/h3-8,10-13H,9H2,1-2H3,(H,25,29)/b7-4-. The molecule has 9 heteroatoms. The van der Waals surface area contributed by atoms with Crippen molar-refractivity contribution >= 4 is 28.7 Å². The predicted molar refractivity (Wildman–Crippen MR) is 115 cm³/mol. The van der Waals surface area contributed by atoms with E-state index < -0.39 is 0 Å². The normalized spacial score (nSPS) is 11.3. The number of benzene rings is 1. The van der Waals surface area contributed by atoms with Gasteiger partial charge in [0.15, 0.2) is 0 Å². The number of anilines is 1. The van der Waals surface area contributed by atoms with Gasteiger partial charge in [-0.3, -0.25) is 9.48 Å². The van der Waals surface area contributed by atoms with Gasteiger partial charge in [0.2, 0.25) is 11.8 Å². The van der Waals surface area contributed by atoms with Crippen LogP contribution in [0.15, 0.2) is 61.2 Å². The number of aryl methyl sites for hydroxylation is 1. The molecule has 152 valence electrons. The number of hydrogen-bond acceptors (Lipinski definition) is 5. The lowest BCUT2D eigenvalue weighted by atomic mass is 10.1. The number of carbonyl (C=O) groups excluding carboxylic acids is 1. The number of halogens is 1. The van der Waals surface area contributed by atoms with Gasteiger partial charge in [0.1, 0.15) is 11.3 Å². The van der Waals surface area contributed by atoms with Crippen molar-refractivity contribution < 1.29 is 9.53 Å². The summed E-state index contributed by atoms with van der Waals surface area (Å²) in [6.45, 7) is 1.87. The van der Waals surface area contributed by atoms with Crippen LogP contribution in [0.3, 0.4) is 0 Å². The van der Waals surface area contributed by atoms with Crippen molar-refractivity contribution in [3.63, 3.8) is 0 Å². The highest BCUT2D eigenvalue weighted by molar-refractivity contribution is 6.19. The van der Waals surface area contributed by atoms with E-state index in [1.807, 2.05) is 50.6 Å². The van der Waals surface area contributed by atoms with Crippen LogP contribution in [-0.4, -0.2) is 36.2 Å². The second-order valence-corrected chi connectivity index (χ2v) is 6.88. The number of amides is 1. The fourth-order valence-corrected chi connectivity index (χ4v) is 3.05. The van der Waals surface area contributed by atoms with Gasteiger partial charge in [-0.25, -0.2) is 9.50 Å². The molecule has 0 radical (unpaired) electrons. The number of alkyl halides is 1. The van der Waals surface area contributed by atoms with Crippen molar-refractivity contribution in [3.8, 4) is 22.9 Å². The Hall–Kier alpha value is -3.65. The molecule has 0 unspecified atom stereocenters. The Morgan fingerprint density at radius 1 is 1.27 bits per heavy atom. The van der Waals surface area contributed by atoms with Crippen LogP contribution in [0.1, 0.15) is 5.56 Å². The van der Waals surface area contributed by atoms with Crippen LogP contribution in [0, 0.1) is 6.92 Å². The van der Waals surface area contributed by atoms with E-state index in [0.717, 1.165) is 16.6 Å². The van der Waals surface area contributed by atoms with E-state index in [9.17, 15) is 4.79 Å². The lowest BCUT2D eigenvalue weighted by Gasteiger charge is -2.13. The molecule has 1 aromatic carbocycles. The van der Waals surface area contributed by atoms with Crippen LogP contribution in [0.25, 0.3) is 16.8 Å². The minimum absolute atomic E-state index is 0.259. The van der Waals surface area contributed by atoms with E-state index in [1.165, 1.54) is 6.08 Å². The minimum atomic E-state index is -0.259. The number of aromatic nitrogens is 5. The molecule has 3 heterocycles. The number of allylic oxidation sites excluding steroid dienone is 1. The molecule has 3 aromatic heterocycles. The van der Waals surface area contributed by atoms with Crippen molar-refractivity contribution in [2.45, 2.75) is 6.92 Å². The molecule has 4 rings (SSSR count). The van der Waals surface area contributed by atoms with Crippen LogP contribution in [0.5, 0.6) is 11.6 Å². The van der Waals surface area contributed by atoms with Gasteiger partial charge in [0.05, 0.1) is 24.3 Å². The smallest absolute Gasteiger partial charge is 0.248 e. The summed E-state index contributed by atoms with van der Waals surface area (Å²) in [4.78, 5) is 16.7. The average Bonchev–Trinajstić information content (AvgIpc) is 3.38. The van der Waals surface area contributed by atoms with E-state index in [-0.39, 0.29) is 11.8 Å². The molecule has 0 bridgehead atoms. The van der Waals surface area contributed by atoms with Crippen molar-refractivity contribution in [2.24, 2.45) is 7.05 Å². The number of rotatable bonds is 6. The Morgan fingerprint density at radius 3 is 2.90 bits per heavy atom. The van der Waals surface area contributed by atoms with Gasteiger partial charge >= 0.3 is 0 Å². The van der Waals surface area contributed by atoms with Crippen molar-refractivity contribution in [2.75, 3.05) is 11.2 Å². The maximum atomic E-state index is 12.0. The van der Waals surface area contributed by atoms with Crippen LogP contribution in [0.2, 0.25) is 0 Å². The molecule has 0 aliphatic carbocycles. The molecule has 0 saturated carbocycles. The Bertz CT molecular complexity index is 1240. The van der Waals surface area contributed by atoms with E-state index in [1.54, 1.807) is 27.7 Å². The molecule has 0 atom stereocenters. The third-order valence-electron chi connectivity index (χ3n) is 4.46. The fraction of sp³-hybridized carbons (Fsp3) is 0.143. The highest BCUT2D eigenvalue weighted by Gasteiger charge is 2.14. The second-order valence-electron chi connectivity index (χ2n) is 6.57. The maximum Gasteiger partial charge on any atom is 0.248 e. The van der Waals surface area contributed by atoms with E-state index >= 15 is 0 Å². The van der Waals surface area contributed by atoms with Gasteiger partial charge in [-0.1, -0.05) is 12.1 Å². The summed E-state index contributed by atoms with van der Waals surface area (Å²) in [6.07, 6.45) is 10.1. The van der Waals surface area contributed by atoms with Gasteiger partial charge in [-0.2, -0.15) is 10.2 Å². The maximum absolute atomic E-state index is 12.0. The van der Waals surface area contributed by atoms with Crippen molar-refractivity contribution in [3.05, 3.63) is 66.8 Å². The molecule has 0 fully saturated rings. The topological polar surface area (TPSA) is 86.3 Å². The number of nitrogens with zero attached hydrogens (tertiary/aromatic N) is 5. The number of carbonyl (C=O) groups is 1. The third-order valence-corrected chi connectivity index (χ3v) is 4.64. The Kier molecular flexibility index (Phi) is 5.49. The molecule has 1 amide bonds. The number of ether oxygens (including phenoxy) is 1. The van der Waals surface area contributed by atoms with Crippen molar-refractivity contribution in [1.82, 2.24) is 24.4 Å². The summed E-state index contributed by atoms with van der Waals surface area (Å²) < 4.78 is 9.58. The van der Waals surface area contributed by atoms with E-state index in [4.69, 9.17) is 16.3 Å². The lowest BCUT2D eigenvalue weighted by molar-refractivity contribution is -0.111. The van der Waals surface area contributed by atoms with Crippen LogP contribution in [-0.2, 0) is 11.8 Å². The first-order valence-corrected chi connectivity index (χ1v) is 9.73. The Balaban J connectivity index is 1.69. The highest BCUT2D eigenvalue weighted by Crippen LogP contribution is 2.32. The van der Waals surface area contributed by atoms with Crippen molar-refractivity contribution in [1.29, 1.82) is 0 Å². The fourth-order valence-electron chi connectivity index (χ4n) is 2.96. The van der Waals surface area contributed by atoms with Crippen LogP contribution >= 0.6 is 11.6 Å². The van der Waals surface area contributed by atoms with Gasteiger partial charge in [-0.15, -0.1) is 11.6 Å². The molecule has 8 nitrogen and oxygen atoms in total. The first-order chi connectivity index (χ1) is 14.5. The number of fused-ring (bicyclic) bond motifs is 1. The first kappa shape index (κ1) is 19.7. The summed E-state index contributed by atoms with van der Waals surface area (Å²) in [5.41, 5.74) is 3.67. The van der Waals surface area contributed by atoms with Gasteiger partial charge < -0.3 is 10.1 Å². The quantitative estimate of drug-likeness (QED) is 0.375. The van der Waals surface area contributed by atoms with Crippen LogP contribution < -0.4 is 10.1 Å². The van der Waals surface area contributed by atoms with E-state index in [0.29, 0.717) is 23.0 Å². The van der Waals surface area contributed by atoms with E-state index in [2.05, 4.69) is 20.5 Å². The number of nitrogens with one attached hydrogen (secondary N) is 1. The number of hydrogen-bond donors (Lipinski definition) is 1. The van der Waals surface area contributed by atoms with Gasteiger partial charge in [0, 0.05) is 42.0 Å². The molecular formula is C21H19ClN6O2. The molecule has 0 spiro atoms. The Labute approximate surface area is 177 Å². The van der Waals surface area contributed by atoms with Gasteiger partial charge in [0.25, 0.3) is 0 Å². The molecule has 0 saturated heterocycles. The zero-order chi connectivity index (χ0) is 21.1. The zero-order valence-electron chi connectivity index (χ0n) is 16.4. The molecule has 0 aliphatic heterocycles. The molecular weight excluding hydrogens is 404 g/mol. The Morgan fingerprint density at radius 2 is 2.13 bits per heavy atom. The monoisotopic (exact) mass is 422 g/mol.